The van der Waals surface area contributed by atoms with Gasteiger partial charge in [0, 0.05) is 26.8 Å². The lowest BCUT2D eigenvalue weighted by Gasteiger charge is -2.08. The predicted molar refractivity (Wildman–Crippen MR) is 121 cm³/mol. The van der Waals surface area contributed by atoms with Gasteiger partial charge in [-0.1, -0.05) is 29.8 Å². The van der Waals surface area contributed by atoms with E-state index in [2.05, 4.69) is 5.32 Å². The number of hydrogen-bond acceptors (Lipinski definition) is 5. The van der Waals surface area contributed by atoms with Crippen LogP contribution in [0.4, 0.5) is 5.00 Å². The van der Waals surface area contributed by atoms with Crippen molar-refractivity contribution in [3.8, 4) is 10.4 Å². The summed E-state index contributed by atoms with van der Waals surface area (Å²) < 4.78 is 5.26. The molecule has 3 aromatic rings. The summed E-state index contributed by atoms with van der Waals surface area (Å²) in [5.74, 6) is -0.514. The zero-order valence-electron chi connectivity index (χ0n) is 16.3. The minimum atomic E-state index is -0.406. The number of rotatable bonds is 8. The van der Waals surface area contributed by atoms with Crippen LogP contribution in [0.5, 0.6) is 0 Å². The van der Waals surface area contributed by atoms with Crippen LogP contribution < -0.4 is 5.32 Å². The molecule has 0 spiro atoms. The molecule has 0 saturated heterocycles. The summed E-state index contributed by atoms with van der Waals surface area (Å²) in [6, 6.07) is 11.6. The van der Waals surface area contributed by atoms with Crippen molar-refractivity contribution in [2.75, 3.05) is 11.9 Å². The van der Waals surface area contributed by atoms with Crippen molar-refractivity contribution < 1.29 is 14.3 Å². The molecule has 0 atom stereocenters. The third kappa shape index (κ3) is 5.47. The summed E-state index contributed by atoms with van der Waals surface area (Å²) in [5.41, 5.74) is 2.43. The molecular weight excluding hydrogens is 426 g/mol. The molecule has 7 heteroatoms. The first-order valence-electron chi connectivity index (χ1n) is 9.38. The van der Waals surface area contributed by atoms with Gasteiger partial charge in [0.25, 0.3) is 0 Å². The van der Waals surface area contributed by atoms with Crippen LogP contribution in [0.2, 0.25) is 5.02 Å². The molecule has 0 radical (unpaired) electrons. The quantitative estimate of drug-likeness (QED) is 0.397. The molecule has 29 heavy (non-hydrogen) atoms. The number of nitrogens with one attached hydrogen (secondary N) is 1. The van der Waals surface area contributed by atoms with Gasteiger partial charge in [-0.2, -0.15) is 0 Å². The Morgan fingerprint density at radius 2 is 1.93 bits per heavy atom. The highest BCUT2D eigenvalue weighted by Crippen LogP contribution is 2.42. The van der Waals surface area contributed by atoms with E-state index >= 15 is 0 Å². The van der Waals surface area contributed by atoms with Crippen molar-refractivity contribution in [2.45, 2.75) is 33.1 Å². The number of amides is 1. The fourth-order valence-corrected chi connectivity index (χ4v) is 5.14. The second kappa shape index (κ2) is 10.1. The first kappa shape index (κ1) is 21.6. The number of hydrogen-bond donors (Lipinski definition) is 1. The molecule has 1 N–H and O–H groups in total. The van der Waals surface area contributed by atoms with E-state index in [0.29, 0.717) is 28.4 Å². The molecule has 0 bridgehead atoms. The van der Waals surface area contributed by atoms with Gasteiger partial charge >= 0.3 is 5.97 Å². The van der Waals surface area contributed by atoms with Gasteiger partial charge in [0.1, 0.15) is 10.6 Å². The van der Waals surface area contributed by atoms with Crippen molar-refractivity contribution in [1.29, 1.82) is 0 Å². The molecule has 1 amide bonds. The number of esters is 1. The SMILES string of the molecule is CCOC(=O)c1c(NC(=O)CCCc2ccc(Cl)cc2)sc(C)c1-c1cccs1. The molecule has 2 heterocycles. The Bertz CT molecular complexity index is 978. The van der Waals surface area contributed by atoms with E-state index in [4.69, 9.17) is 16.3 Å². The second-order valence-corrected chi connectivity index (χ2v) is 9.07. The van der Waals surface area contributed by atoms with E-state index in [1.165, 1.54) is 11.3 Å². The zero-order valence-corrected chi connectivity index (χ0v) is 18.7. The highest BCUT2D eigenvalue weighted by molar-refractivity contribution is 7.18. The van der Waals surface area contributed by atoms with Crippen LogP contribution in [0.15, 0.2) is 41.8 Å². The third-order valence-electron chi connectivity index (χ3n) is 4.37. The Balaban J connectivity index is 1.72. The van der Waals surface area contributed by atoms with Gasteiger partial charge in [0.2, 0.25) is 5.91 Å². The summed E-state index contributed by atoms with van der Waals surface area (Å²) in [5, 5.41) is 6.16. The van der Waals surface area contributed by atoms with Gasteiger partial charge < -0.3 is 10.1 Å². The average molecular weight is 448 g/mol. The minimum Gasteiger partial charge on any atom is -0.462 e. The molecule has 152 valence electrons. The average Bonchev–Trinajstić information content (AvgIpc) is 3.31. The smallest absolute Gasteiger partial charge is 0.341 e. The van der Waals surface area contributed by atoms with Gasteiger partial charge in [0.05, 0.1) is 6.61 Å². The van der Waals surface area contributed by atoms with E-state index < -0.39 is 5.97 Å². The van der Waals surface area contributed by atoms with Gasteiger partial charge in [-0.25, -0.2) is 4.79 Å². The van der Waals surface area contributed by atoms with Gasteiger partial charge in [0.15, 0.2) is 0 Å². The number of halogens is 1. The Morgan fingerprint density at radius 1 is 1.17 bits per heavy atom. The maximum absolute atomic E-state index is 12.6. The van der Waals surface area contributed by atoms with Crippen LogP contribution in [0.1, 0.15) is 40.6 Å². The monoisotopic (exact) mass is 447 g/mol. The summed E-state index contributed by atoms with van der Waals surface area (Å²) in [7, 11) is 0. The molecule has 0 saturated carbocycles. The standard InChI is InChI=1S/C22H22ClNO3S2/c1-3-27-22(26)20-19(17-7-5-13-28-17)14(2)29-21(20)24-18(25)8-4-6-15-9-11-16(23)12-10-15/h5,7,9-13H,3-4,6,8H2,1-2H3,(H,24,25). The van der Waals surface area contributed by atoms with Gasteiger partial charge in [-0.3, -0.25) is 4.79 Å². The van der Waals surface area contributed by atoms with Crippen LogP contribution in [0.25, 0.3) is 10.4 Å². The Hall–Kier alpha value is -2.15. The Morgan fingerprint density at radius 3 is 2.59 bits per heavy atom. The molecule has 0 aliphatic carbocycles. The number of thiophene rings is 2. The molecule has 0 fully saturated rings. The number of aryl methyl sites for hydroxylation is 2. The van der Waals surface area contributed by atoms with Crippen LogP contribution in [-0.4, -0.2) is 18.5 Å². The van der Waals surface area contributed by atoms with E-state index in [9.17, 15) is 9.59 Å². The predicted octanol–water partition coefficient (Wildman–Crippen LogP) is 6.58. The maximum atomic E-state index is 12.6. The van der Waals surface area contributed by atoms with Crippen molar-refractivity contribution >= 4 is 51.2 Å². The number of ether oxygens (including phenoxy) is 1. The van der Waals surface area contributed by atoms with Crippen LogP contribution in [-0.2, 0) is 16.0 Å². The molecule has 3 rings (SSSR count). The fraction of sp³-hybridized carbons (Fsp3) is 0.273. The number of carbonyl (C=O) groups is 2. The molecule has 2 aromatic heterocycles. The van der Waals surface area contributed by atoms with Gasteiger partial charge in [-0.15, -0.1) is 22.7 Å². The van der Waals surface area contributed by atoms with E-state index in [1.807, 2.05) is 48.7 Å². The highest BCUT2D eigenvalue weighted by Gasteiger charge is 2.25. The zero-order chi connectivity index (χ0) is 20.8. The molecule has 0 unspecified atom stereocenters. The van der Waals surface area contributed by atoms with Crippen LogP contribution in [0.3, 0.4) is 0 Å². The van der Waals surface area contributed by atoms with Crippen molar-refractivity contribution in [2.24, 2.45) is 0 Å². The van der Waals surface area contributed by atoms with Crippen molar-refractivity contribution in [1.82, 2.24) is 0 Å². The van der Waals surface area contributed by atoms with E-state index in [1.54, 1.807) is 18.3 Å². The molecule has 4 nitrogen and oxygen atoms in total. The lowest BCUT2D eigenvalue weighted by molar-refractivity contribution is -0.116. The summed E-state index contributed by atoms with van der Waals surface area (Å²) in [4.78, 5) is 27.1. The summed E-state index contributed by atoms with van der Waals surface area (Å²) >= 11 is 8.87. The Labute approximate surface area is 183 Å². The lowest BCUT2D eigenvalue weighted by atomic mass is 10.1. The van der Waals surface area contributed by atoms with Crippen molar-refractivity contribution in [3.05, 3.63) is 62.8 Å². The molecule has 0 aliphatic heterocycles. The number of carbonyl (C=O) groups excluding carboxylic acids is 2. The number of benzene rings is 1. The van der Waals surface area contributed by atoms with E-state index in [0.717, 1.165) is 27.3 Å². The fourth-order valence-electron chi connectivity index (χ4n) is 3.04. The maximum Gasteiger partial charge on any atom is 0.341 e. The largest absolute Gasteiger partial charge is 0.462 e. The highest BCUT2D eigenvalue weighted by atomic mass is 35.5. The molecule has 1 aromatic carbocycles. The topological polar surface area (TPSA) is 55.4 Å². The lowest BCUT2D eigenvalue weighted by Crippen LogP contribution is -2.14. The Kier molecular flexibility index (Phi) is 7.47. The second-order valence-electron chi connectivity index (χ2n) is 6.46. The first-order chi connectivity index (χ1) is 14.0. The van der Waals surface area contributed by atoms with Gasteiger partial charge in [-0.05, 0) is 55.8 Å². The number of anilines is 1. The van der Waals surface area contributed by atoms with Crippen molar-refractivity contribution in [3.63, 3.8) is 0 Å². The van der Waals surface area contributed by atoms with Crippen LogP contribution >= 0.6 is 34.3 Å². The summed E-state index contributed by atoms with van der Waals surface area (Å²) in [6.45, 7) is 4.02. The third-order valence-corrected chi connectivity index (χ3v) is 6.53. The molecular formula is C22H22ClNO3S2. The molecule has 0 aliphatic rings. The first-order valence-corrected chi connectivity index (χ1v) is 11.5. The van der Waals surface area contributed by atoms with E-state index in [-0.39, 0.29) is 12.5 Å². The normalized spacial score (nSPS) is 10.7. The van der Waals surface area contributed by atoms with Crippen LogP contribution in [0, 0.1) is 6.92 Å². The summed E-state index contributed by atoms with van der Waals surface area (Å²) in [6.07, 6.45) is 1.87. The minimum absolute atomic E-state index is 0.108.